The van der Waals surface area contributed by atoms with Crippen LogP contribution < -0.4 is 0 Å². The maximum atomic E-state index is 13.6. The fraction of sp³-hybridized carbons (Fsp3) is 0.0714. The third-order valence-corrected chi connectivity index (χ3v) is 2.62. The molecule has 0 aliphatic rings. The van der Waals surface area contributed by atoms with Gasteiger partial charge < -0.3 is 5.11 Å². The summed E-state index contributed by atoms with van der Waals surface area (Å²) < 4.78 is 27.3. The quantitative estimate of drug-likeness (QED) is 0.902. The molecule has 0 saturated heterocycles. The van der Waals surface area contributed by atoms with Crippen LogP contribution in [0.4, 0.5) is 8.78 Å². The van der Waals surface area contributed by atoms with Crippen molar-refractivity contribution >= 4 is 5.97 Å². The molecule has 92 valence electrons. The Morgan fingerprint density at radius 2 is 1.50 bits per heavy atom. The zero-order valence-electron chi connectivity index (χ0n) is 9.31. The molecule has 0 bridgehead atoms. The predicted molar refractivity (Wildman–Crippen MR) is 63.4 cm³/mol. The van der Waals surface area contributed by atoms with Gasteiger partial charge in [-0.15, -0.1) is 0 Å². The lowest BCUT2D eigenvalue weighted by molar-refractivity contribution is -0.166. The summed E-state index contributed by atoms with van der Waals surface area (Å²) in [7, 11) is 0. The highest BCUT2D eigenvalue weighted by Gasteiger charge is 2.42. The number of hydrogen-bond donors (Lipinski definition) is 1. The molecule has 1 N–H and O–H groups in total. The molecule has 0 radical (unpaired) electrons. The fourth-order valence-corrected chi connectivity index (χ4v) is 1.74. The number of hydrogen-bond acceptors (Lipinski definition) is 1. The van der Waals surface area contributed by atoms with E-state index in [1.54, 1.807) is 36.4 Å². The number of carboxylic acid groups (broad SMARTS) is 1. The molecule has 4 heteroatoms. The first kappa shape index (κ1) is 12.2. The summed E-state index contributed by atoms with van der Waals surface area (Å²) in [4.78, 5) is 10.7. The first-order valence-corrected chi connectivity index (χ1v) is 5.29. The molecule has 0 aromatic heterocycles. The van der Waals surface area contributed by atoms with Gasteiger partial charge in [0, 0.05) is 5.56 Å². The topological polar surface area (TPSA) is 37.3 Å². The molecule has 0 unspecified atom stereocenters. The molecule has 2 rings (SSSR count). The van der Waals surface area contributed by atoms with E-state index in [9.17, 15) is 13.6 Å². The summed E-state index contributed by atoms with van der Waals surface area (Å²) in [5.41, 5.74) is 0.295. The van der Waals surface area contributed by atoms with Crippen molar-refractivity contribution in [2.75, 3.05) is 0 Å². The van der Waals surface area contributed by atoms with E-state index < -0.39 is 17.5 Å². The summed E-state index contributed by atoms with van der Waals surface area (Å²) in [6, 6.07) is 14.1. The third kappa shape index (κ3) is 2.09. The van der Waals surface area contributed by atoms with E-state index in [1.807, 2.05) is 0 Å². The summed E-state index contributed by atoms with van der Waals surface area (Å²) in [6.45, 7) is 0. The second-order valence-corrected chi connectivity index (χ2v) is 3.79. The van der Waals surface area contributed by atoms with Crippen LogP contribution in [-0.4, -0.2) is 11.1 Å². The molecule has 18 heavy (non-hydrogen) atoms. The standard InChI is InChI=1S/C14H10F2O2/c15-14(16,13(17)18)12-9-5-4-8-11(12)10-6-2-1-3-7-10/h1-9H,(H,17,18). The van der Waals surface area contributed by atoms with E-state index in [-0.39, 0.29) is 5.56 Å². The summed E-state index contributed by atoms with van der Waals surface area (Å²) >= 11 is 0. The molecule has 2 aromatic rings. The Balaban J connectivity index is 2.61. The van der Waals surface area contributed by atoms with Crippen LogP contribution in [0, 0.1) is 0 Å². The van der Waals surface area contributed by atoms with Gasteiger partial charge >= 0.3 is 11.9 Å². The number of benzene rings is 2. The molecule has 0 amide bonds. The predicted octanol–water partition coefficient (Wildman–Crippen LogP) is 3.53. The van der Waals surface area contributed by atoms with Crippen molar-refractivity contribution in [3.05, 3.63) is 60.2 Å². The zero-order valence-corrected chi connectivity index (χ0v) is 9.31. The van der Waals surface area contributed by atoms with Crippen LogP contribution in [0.5, 0.6) is 0 Å². The number of carbonyl (C=O) groups is 1. The van der Waals surface area contributed by atoms with E-state index in [4.69, 9.17) is 5.11 Å². The van der Waals surface area contributed by atoms with Crippen LogP contribution in [0.1, 0.15) is 5.56 Å². The lowest BCUT2D eigenvalue weighted by Crippen LogP contribution is -2.26. The van der Waals surface area contributed by atoms with Gasteiger partial charge in [-0.3, -0.25) is 0 Å². The van der Waals surface area contributed by atoms with Crippen LogP contribution in [0.15, 0.2) is 54.6 Å². The molecule has 0 atom stereocenters. The molecule has 0 spiro atoms. The first-order chi connectivity index (χ1) is 8.53. The minimum atomic E-state index is -3.90. The highest BCUT2D eigenvalue weighted by molar-refractivity contribution is 5.82. The Hall–Kier alpha value is -2.23. The lowest BCUT2D eigenvalue weighted by Gasteiger charge is -2.16. The fourth-order valence-electron chi connectivity index (χ4n) is 1.74. The summed E-state index contributed by atoms with van der Waals surface area (Å²) in [5, 5.41) is 8.62. The number of rotatable bonds is 3. The van der Waals surface area contributed by atoms with Gasteiger partial charge in [-0.25, -0.2) is 4.79 Å². The molecule has 0 aliphatic carbocycles. The van der Waals surface area contributed by atoms with Gasteiger partial charge in [-0.2, -0.15) is 8.78 Å². The van der Waals surface area contributed by atoms with Crippen molar-refractivity contribution < 1.29 is 18.7 Å². The normalized spacial score (nSPS) is 11.2. The minimum absolute atomic E-state index is 0.227. The zero-order chi connectivity index (χ0) is 13.2. The molecular weight excluding hydrogens is 238 g/mol. The van der Waals surface area contributed by atoms with Crippen molar-refractivity contribution in [3.63, 3.8) is 0 Å². The monoisotopic (exact) mass is 248 g/mol. The maximum absolute atomic E-state index is 13.6. The van der Waals surface area contributed by atoms with Gasteiger partial charge in [-0.05, 0) is 11.1 Å². The van der Waals surface area contributed by atoms with Gasteiger partial charge in [-0.1, -0.05) is 54.6 Å². The maximum Gasteiger partial charge on any atom is 0.379 e. The number of carboxylic acids is 1. The van der Waals surface area contributed by atoms with Crippen molar-refractivity contribution in [2.24, 2.45) is 0 Å². The highest BCUT2D eigenvalue weighted by atomic mass is 19.3. The largest absolute Gasteiger partial charge is 0.477 e. The van der Waals surface area contributed by atoms with Crippen LogP contribution >= 0.6 is 0 Å². The Labute approximate surface area is 103 Å². The van der Waals surface area contributed by atoms with Crippen LogP contribution in [-0.2, 0) is 10.7 Å². The van der Waals surface area contributed by atoms with Crippen molar-refractivity contribution in [2.45, 2.75) is 5.92 Å². The average molecular weight is 248 g/mol. The van der Waals surface area contributed by atoms with Crippen LogP contribution in [0.3, 0.4) is 0 Å². The second-order valence-electron chi connectivity index (χ2n) is 3.79. The lowest BCUT2D eigenvalue weighted by atomic mass is 9.96. The van der Waals surface area contributed by atoms with Crippen LogP contribution in [0.2, 0.25) is 0 Å². The number of alkyl halides is 2. The Bertz CT molecular complexity index is 565. The molecule has 2 aromatic carbocycles. The van der Waals surface area contributed by atoms with Gasteiger partial charge in [0.2, 0.25) is 0 Å². The van der Waals surface area contributed by atoms with Crippen LogP contribution in [0.25, 0.3) is 11.1 Å². The molecule has 0 saturated carbocycles. The Kier molecular flexibility index (Phi) is 3.10. The van der Waals surface area contributed by atoms with Gasteiger partial charge in [0.25, 0.3) is 0 Å². The van der Waals surface area contributed by atoms with E-state index in [0.29, 0.717) is 5.56 Å². The average Bonchev–Trinajstić information content (AvgIpc) is 2.39. The Morgan fingerprint density at radius 3 is 2.11 bits per heavy atom. The van der Waals surface area contributed by atoms with Gasteiger partial charge in [0.05, 0.1) is 0 Å². The van der Waals surface area contributed by atoms with E-state index >= 15 is 0 Å². The Morgan fingerprint density at radius 1 is 0.944 bits per heavy atom. The van der Waals surface area contributed by atoms with Gasteiger partial charge in [0.1, 0.15) is 0 Å². The first-order valence-electron chi connectivity index (χ1n) is 5.29. The molecule has 0 fully saturated rings. The van der Waals surface area contributed by atoms with Gasteiger partial charge in [0.15, 0.2) is 0 Å². The second kappa shape index (κ2) is 4.56. The van der Waals surface area contributed by atoms with Crippen molar-refractivity contribution in [1.29, 1.82) is 0 Å². The molecule has 2 nitrogen and oxygen atoms in total. The smallest absolute Gasteiger partial charge is 0.379 e. The van der Waals surface area contributed by atoms with Crippen molar-refractivity contribution in [1.82, 2.24) is 0 Å². The number of halogens is 2. The summed E-state index contributed by atoms with van der Waals surface area (Å²) in [6.07, 6.45) is 0. The highest BCUT2D eigenvalue weighted by Crippen LogP contribution is 2.35. The minimum Gasteiger partial charge on any atom is -0.477 e. The number of aliphatic carboxylic acids is 1. The SMILES string of the molecule is O=C(O)C(F)(F)c1ccccc1-c1ccccc1. The summed E-state index contributed by atoms with van der Waals surface area (Å²) in [5.74, 6) is -6.04. The van der Waals surface area contributed by atoms with E-state index in [1.165, 1.54) is 12.1 Å². The molecule has 0 heterocycles. The van der Waals surface area contributed by atoms with E-state index in [2.05, 4.69) is 0 Å². The molecular formula is C14H10F2O2. The molecule has 0 aliphatic heterocycles. The third-order valence-electron chi connectivity index (χ3n) is 2.62. The van der Waals surface area contributed by atoms with E-state index in [0.717, 1.165) is 6.07 Å². The van der Waals surface area contributed by atoms with Crippen molar-refractivity contribution in [3.8, 4) is 11.1 Å².